The van der Waals surface area contributed by atoms with Crippen molar-refractivity contribution >= 4 is 5.91 Å². The quantitative estimate of drug-likeness (QED) is 0.650. The van der Waals surface area contributed by atoms with E-state index >= 15 is 0 Å². The average molecular weight is 180 g/mol. The molecule has 1 aromatic rings. The molecule has 1 aliphatic heterocycles. The molecule has 2 heterocycles. The number of aromatic nitrogens is 2. The van der Waals surface area contributed by atoms with Crippen molar-refractivity contribution in [3.05, 3.63) is 17.2 Å². The van der Waals surface area contributed by atoms with E-state index in [1.54, 1.807) is 0 Å². The molecule has 0 atom stereocenters. The Balaban J connectivity index is 2.53. The van der Waals surface area contributed by atoms with Gasteiger partial charge in [0.25, 0.3) is 5.91 Å². The number of primary amides is 1. The molecule has 13 heavy (non-hydrogen) atoms. The van der Waals surface area contributed by atoms with Crippen LogP contribution in [-0.2, 0) is 19.6 Å². The van der Waals surface area contributed by atoms with Crippen LogP contribution in [-0.4, -0.2) is 15.5 Å². The van der Waals surface area contributed by atoms with Gasteiger partial charge in [0.2, 0.25) is 0 Å². The zero-order valence-corrected chi connectivity index (χ0v) is 7.50. The standard InChI is InChI=1S/C8H12N4O/c1-2-12-6-4-10-3-5(6)11-8(12)7(9)13/h10H,2-4H2,1H3,(H2,9,13). The molecule has 0 saturated carbocycles. The second-order valence-corrected chi connectivity index (χ2v) is 3.04. The van der Waals surface area contributed by atoms with Gasteiger partial charge in [-0.15, -0.1) is 0 Å². The number of nitrogens with zero attached hydrogens (tertiary/aromatic N) is 2. The lowest BCUT2D eigenvalue weighted by molar-refractivity contribution is 0.0986. The normalized spacial score (nSPS) is 14.5. The highest BCUT2D eigenvalue weighted by molar-refractivity contribution is 5.89. The molecule has 0 saturated heterocycles. The van der Waals surface area contributed by atoms with Crippen LogP contribution in [0, 0.1) is 0 Å². The van der Waals surface area contributed by atoms with Crippen LogP contribution in [0.3, 0.4) is 0 Å². The first-order chi connectivity index (χ1) is 6.24. The van der Waals surface area contributed by atoms with E-state index in [9.17, 15) is 4.79 Å². The van der Waals surface area contributed by atoms with Gasteiger partial charge in [0.05, 0.1) is 11.4 Å². The predicted octanol–water partition coefficient (Wildman–Crippen LogP) is -0.395. The Hall–Kier alpha value is -1.36. The first kappa shape index (κ1) is 8.25. The summed E-state index contributed by atoms with van der Waals surface area (Å²) in [5.41, 5.74) is 7.26. The number of amides is 1. The van der Waals surface area contributed by atoms with Crippen LogP contribution in [0.1, 0.15) is 28.9 Å². The number of rotatable bonds is 2. The molecule has 5 nitrogen and oxygen atoms in total. The van der Waals surface area contributed by atoms with Gasteiger partial charge in [-0.25, -0.2) is 4.98 Å². The van der Waals surface area contributed by atoms with Crippen molar-refractivity contribution in [1.29, 1.82) is 0 Å². The fourth-order valence-electron chi connectivity index (χ4n) is 1.70. The van der Waals surface area contributed by atoms with Gasteiger partial charge >= 0.3 is 0 Å². The summed E-state index contributed by atoms with van der Waals surface area (Å²) in [7, 11) is 0. The molecule has 5 heteroatoms. The second kappa shape index (κ2) is 2.85. The molecule has 70 valence electrons. The maximum Gasteiger partial charge on any atom is 0.284 e. The summed E-state index contributed by atoms with van der Waals surface area (Å²) in [5, 5.41) is 3.17. The Morgan fingerprint density at radius 3 is 3.08 bits per heavy atom. The van der Waals surface area contributed by atoms with Gasteiger partial charge in [-0.05, 0) is 6.92 Å². The third-order valence-electron chi connectivity index (χ3n) is 2.28. The van der Waals surface area contributed by atoms with Gasteiger partial charge in [-0.3, -0.25) is 4.79 Å². The van der Waals surface area contributed by atoms with Crippen molar-refractivity contribution in [1.82, 2.24) is 14.9 Å². The molecule has 0 unspecified atom stereocenters. The van der Waals surface area contributed by atoms with Crippen molar-refractivity contribution in [2.24, 2.45) is 5.73 Å². The fraction of sp³-hybridized carbons (Fsp3) is 0.500. The molecule has 1 aromatic heterocycles. The third kappa shape index (κ3) is 1.12. The van der Waals surface area contributed by atoms with Crippen molar-refractivity contribution in [2.75, 3.05) is 0 Å². The lowest BCUT2D eigenvalue weighted by Gasteiger charge is -2.04. The van der Waals surface area contributed by atoms with E-state index in [4.69, 9.17) is 5.73 Å². The lowest BCUT2D eigenvalue weighted by Crippen LogP contribution is -2.20. The summed E-state index contributed by atoms with van der Waals surface area (Å²) >= 11 is 0. The van der Waals surface area contributed by atoms with E-state index in [2.05, 4.69) is 10.3 Å². The number of fused-ring (bicyclic) bond motifs is 1. The highest BCUT2D eigenvalue weighted by Gasteiger charge is 2.22. The molecule has 1 aliphatic rings. The minimum Gasteiger partial charge on any atom is -0.363 e. The van der Waals surface area contributed by atoms with Gasteiger partial charge in [0, 0.05) is 19.6 Å². The van der Waals surface area contributed by atoms with E-state index in [-0.39, 0.29) is 0 Å². The molecule has 0 spiro atoms. The largest absolute Gasteiger partial charge is 0.363 e. The van der Waals surface area contributed by atoms with Crippen molar-refractivity contribution < 1.29 is 4.79 Å². The van der Waals surface area contributed by atoms with Gasteiger partial charge in [0.1, 0.15) is 0 Å². The Labute approximate surface area is 75.9 Å². The van der Waals surface area contributed by atoms with E-state index in [1.165, 1.54) is 0 Å². The Bertz CT molecular complexity index is 355. The second-order valence-electron chi connectivity index (χ2n) is 3.04. The third-order valence-corrected chi connectivity index (χ3v) is 2.28. The van der Waals surface area contributed by atoms with Crippen molar-refractivity contribution in [3.8, 4) is 0 Å². The summed E-state index contributed by atoms with van der Waals surface area (Å²) < 4.78 is 1.87. The first-order valence-electron chi connectivity index (χ1n) is 4.32. The lowest BCUT2D eigenvalue weighted by atomic mass is 10.4. The van der Waals surface area contributed by atoms with Crippen LogP contribution >= 0.6 is 0 Å². The molecular weight excluding hydrogens is 168 g/mol. The van der Waals surface area contributed by atoms with Crippen LogP contribution in [0.5, 0.6) is 0 Å². The molecule has 0 aromatic carbocycles. The van der Waals surface area contributed by atoms with Gasteiger partial charge < -0.3 is 15.6 Å². The number of imidazole rings is 1. The summed E-state index contributed by atoms with van der Waals surface area (Å²) in [6, 6.07) is 0. The number of nitrogens with one attached hydrogen (secondary N) is 1. The number of hydrogen-bond donors (Lipinski definition) is 2. The Kier molecular flexibility index (Phi) is 1.81. The average Bonchev–Trinajstić information content (AvgIpc) is 2.60. The summed E-state index contributed by atoms with van der Waals surface area (Å²) in [4.78, 5) is 15.2. The highest BCUT2D eigenvalue weighted by Crippen LogP contribution is 2.16. The van der Waals surface area contributed by atoms with Crippen LogP contribution in [0.15, 0.2) is 0 Å². The molecule has 2 rings (SSSR count). The van der Waals surface area contributed by atoms with E-state index in [0.29, 0.717) is 5.82 Å². The van der Waals surface area contributed by atoms with Gasteiger partial charge in [-0.2, -0.15) is 0 Å². The Morgan fingerprint density at radius 2 is 2.46 bits per heavy atom. The monoisotopic (exact) mass is 180 g/mol. The maximum atomic E-state index is 11.0. The molecule has 0 fully saturated rings. The fourth-order valence-corrected chi connectivity index (χ4v) is 1.70. The van der Waals surface area contributed by atoms with Crippen LogP contribution in [0.2, 0.25) is 0 Å². The van der Waals surface area contributed by atoms with E-state index in [0.717, 1.165) is 31.0 Å². The maximum absolute atomic E-state index is 11.0. The van der Waals surface area contributed by atoms with E-state index in [1.807, 2.05) is 11.5 Å². The minimum atomic E-state index is -0.448. The summed E-state index contributed by atoms with van der Waals surface area (Å²) in [6.45, 7) is 4.24. The molecule has 1 amide bonds. The predicted molar refractivity (Wildman–Crippen MR) is 47.0 cm³/mol. The van der Waals surface area contributed by atoms with Gasteiger partial charge in [0.15, 0.2) is 5.82 Å². The SMILES string of the molecule is CCn1c(C(N)=O)nc2c1CNC2. The number of hydrogen-bond acceptors (Lipinski definition) is 3. The van der Waals surface area contributed by atoms with Crippen LogP contribution in [0.25, 0.3) is 0 Å². The zero-order chi connectivity index (χ0) is 9.42. The minimum absolute atomic E-state index is 0.383. The highest BCUT2D eigenvalue weighted by atomic mass is 16.1. The molecule has 0 bridgehead atoms. The van der Waals surface area contributed by atoms with E-state index < -0.39 is 5.91 Å². The number of carbonyl (C=O) groups excluding carboxylic acids is 1. The smallest absolute Gasteiger partial charge is 0.284 e. The number of carbonyl (C=O) groups is 1. The zero-order valence-electron chi connectivity index (χ0n) is 7.50. The summed E-state index contributed by atoms with van der Waals surface area (Å²) in [6.07, 6.45) is 0. The topological polar surface area (TPSA) is 72.9 Å². The first-order valence-corrected chi connectivity index (χ1v) is 4.32. The molecule has 3 N–H and O–H groups in total. The van der Waals surface area contributed by atoms with Crippen molar-refractivity contribution in [2.45, 2.75) is 26.6 Å². The molecule has 0 radical (unpaired) electrons. The van der Waals surface area contributed by atoms with Crippen LogP contribution in [0.4, 0.5) is 0 Å². The van der Waals surface area contributed by atoms with Gasteiger partial charge in [-0.1, -0.05) is 0 Å². The Morgan fingerprint density at radius 1 is 1.69 bits per heavy atom. The molecular formula is C8H12N4O. The van der Waals surface area contributed by atoms with Crippen molar-refractivity contribution in [3.63, 3.8) is 0 Å². The summed E-state index contributed by atoms with van der Waals surface area (Å²) in [5.74, 6) is -0.0646. The number of nitrogens with two attached hydrogens (primary N) is 1. The van der Waals surface area contributed by atoms with Crippen LogP contribution < -0.4 is 11.1 Å². The molecule has 0 aliphatic carbocycles.